The Morgan fingerprint density at radius 1 is 1.40 bits per heavy atom. The molecule has 1 aliphatic rings. The molecule has 0 spiro atoms. The van der Waals surface area contributed by atoms with E-state index < -0.39 is 0 Å². The first kappa shape index (κ1) is 13.3. The zero-order valence-corrected chi connectivity index (χ0v) is 12.0. The maximum absolute atomic E-state index is 11.3. The normalized spacial score (nSPS) is 15.8. The SMILES string of the molecule is O=[N+]([O-])c1c(NCCC2CCCC2)ccc2scnc12. The third-order valence-electron chi connectivity index (χ3n) is 4.00. The van der Waals surface area contributed by atoms with Gasteiger partial charge in [0.05, 0.1) is 15.1 Å². The molecule has 1 aromatic heterocycles. The molecular weight excluding hydrogens is 274 g/mol. The fraction of sp³-hybridized carbons (Fsp3) is 0.500. The molecule has 1 fully saturated rings. The summed E-state index contributed by atoms with van der Waals surface area (Å²) in [7, 11) is 0. The van der Waals surface area contributed by atoms with Gasteiger partial charge in [-0.15, -0.1) is 11.3 Å². The number of anilines is 1. The zero-order chi connectivity index (χ0) is 13.9. The average Bonchev–Trinajstić information content (AvgIpc) is 3.07. The molecule has 0 aliphatic heterocycles. The molecule has 5 nitrogen and oxygen atoms in total. The van der Waals surface area contributed by atoms with Gasteiger partial charge in [0.1, 0.15) is 5.69 Å². The van der Waals surface area contributed by atoms with Gasteiger partial charge < -0.3 is 5.32 Å². The van der Waals surface area contributed by atoms with E-state index in [0.717, 1.165) is 23.6 Å². The van der Waals surface area contributed by atoms with E-state index in [1.165, 1.54) is 37.0 Å². The summed E-state index contributed by atoms with van der Waals surface area (Å²) in [5.74, 6) is 0.782. The Hall–Kier alpha value is -1.69. The third kappa shape index (κ3) is 2.60. The van der Waals surface area contributed by atoms with Crippen LogP contribution >= 0.6 is 11.3 Å². The van der Waals surface area contributed by atoms with Gasteiger partial charge in [0, 0.05) is 6.54 Å². The van der Waals surface area contributed by atoms with Crippen LogP contribution in [-0.4, -0.2) is 16.5 Å². The molecule has 1 aliphatic carbocycles. The van der Waals surface area contributed by atoms with E-state index in [9.17, 15) is 10.1 Å². The summed E-state index contributed by atoms with van der Waals surface area (Å²) >= 11 is 1.43. The minimum Gasteiger partial charge on any atom is -0.379 e. The molecular formula is C14H17N3O2S. The Labute approximate surface area is 121 Å². The number of nitro benzene ring substituents is 1. The van der Waals surface area contributed by atoms with Gasteiger partial charge in [-0.3, -0.25) is 10.1 Å². The molecule has 1 aromatic carbocycles. The van der Waals surface area contributed by atoms with E-state index >= 15 is 0 Å². The van der Waals surface area contributed by atoms with E-state index in [1.807, 2.05) is 6.07 Å². The summed E-state index contributed by atoms with van der Waals surface area (Å²) in [4.78, 5) is 15.1. The molecule has 2 aromatic rings. The summed E-state index contributed by atoms with van der Waals surface area (Å²) in [5.41, 5.74) is 2.84. The molecule has 1 saturated carbocycles. The van der Waals surface area contributed by atoms with Crippen LogP contribution in [0.5, 0.6) is 0 Å². The Balaban J connectivity index is 1.76. The van der Waals surface area contributed by atoms with Crippen LogP contribution in [0.15, 0.2) is 17.6 Å². The van der Waals surface area contributed by atoms with Crippen molar-refractivity contribution in [2.24, 2.45) is 5.92 Å². The van der Waals surface area contributed by atoms with Gasteiger partial charge in [-0.2, -0.15) is 0 Å². The van der Waals surface area contributed by atoms with E-state index in [-0.39, 0.29) is 10.6 Å². The van der Waals surface area contributed by atoms with Crippen molar-refractivity contribution in [3.63, 3.8) is 0 Å². The lowest BCUT2D eigenvalue weighted by Crippen LogP contribution is -2.08. The second-order valence-corrected chi connectivity index (χ2v) is 6.17. The van der Waals surface area contributed by atoms with Crippen LogP contribution in [0.3, 0.4) is 0 Å². The molecule has 106 valence electrons. The van der Waals surface area contributed by atoms with Crippen molar-refractivity contribution in [3.05, 3.63) is 27.8 Å². The fourth-order valence-electron chi connectivity index (χ4n) is 2.95. The van der Waals surface area contributed by atoms with Crippen molar-refractivity contribution in [2.45, 2.75) is 32.1 Å². The molecule has 1 N–H and O–H groups in total. The van der Waals surface area contributed by atoms with Crippen molar-refractivity contribution in [1.29, 1.82) is 0 Å². The molecule has 6 heteroatoms. The van der Waals surface area contributed by atoms with Crippen LogP contribution in [0, 0.1) is 16.0 Å². The molecule has 0 bridgehead atoms. The number of hydrogen-bond acceptors (Lipinski definition) is 5. The van der Waals surface area contributed by atoms with Crippen LogP contribution in [0.4, 0.5) is 11.4 Å². The van der Waals surface area contributed by atoms with Crippen molar-refractivity contribution in [2.75, 3.05) is 11.9 Å². The number of thiazole rings is 1. The highest BCUT2D eigenvalue weighted by Crippen LogP contribution is 2.34. The van der Waals surface area contributed by atoms with Gasteiger partial charge in [-0.25, -0.2) is 4.98 Å². The van der Waals surface area contributed by atoms with Crippen LogP contribution in [0.2, 0.25) is 0 Å². The predicted octanol–water partition coefficient (Wildman–Crippen LogP) is 4.20. The lowest BCUT2D eigenvalue weighted by atomic mass is 10.0. The maximum Gasteiger partial charge on any atom is 0.319 e. The van der Waals surface area contributed by atoms with Crippen molar-refractivity contribution in [1.82, 2.24) is 4.98 Å². The van der Waals surface area contributed by atoms with Gasteiger partial charge in [0.25, 0.3) is 0 Å². The average molecular weight is 291 g/mol. The number of nitro groups is 1. The van der Waals surface area contributed by atoms with E-state index in [4.69, 9.17) is 0 Å². The number of aromatic nitrogens is 1. The first-order valence-electron chi connectivity index (χ1n) is 7.00. The molecule has 0 unspecified atom stereocenters. The Morgan fingerprint density at radius 3 is 2.95 bits per heavy atom. The first-order valence-corrected chi connectivity index (χ1v) is 7.88. The van der Waals surface area contributed by atoms with Crippen LogP contribution in [-0.2, 0) is 0 Å². The largest absolute Gasteiger partial charge is 0.379 e. The number of hydrogen-bond donors (Lipinski definition) is 1. The minimum absolute atomic E-state index is 0.107. The highest BCUT2D eigenvalue weighted by molar-refractivity contribution is 7.16. The highest BCUT2D eigenvalue weighted by Gasteiger charge is 2.21. The lowest BCUT2D eigenvalue weighted by molar-refractivity contribution is -0.382. The smallest absolute Gasteiger partial charge is 0.319 e. The predicted molar refractivity (Wildman–Crippen MR) is 81.3 cm³/mol. The second-order valence-electron chi connectivity index (χ2n) is 5.28. The quantitative estimate of drug-likeness (QED) is 0.662. The zero-order valence-electron chi connectivity index (χ0n) is 11.2. The Morgan fingerprint density at radius 2 is 2.20 bits per heavy atom. The molecule has 3 rings (SSSR count). The van der Waals surface area contributed by atoms with E-state index in [2.05, 4.69) is 10.3 Å². The molecule has 1 heterocycles. The van der Waals surface area contributed by atoms with Gasteiger partial charge >= 0.3 is 5.69 Å². The van der Waals surface area contributed by atoms with Gasteiger partial charge in [-0.1, -0.05) is 25.7 Å². The Bertz CT molecular complexity index is 620. The number of benzene rings is 1. The molecule has 20 heavy (non-hydrogen) atoms. The molecule has 0 amide bonds. The standard InChI is InChI=1S/C14H17N3O2S/c18-17(19)14-11(5-6-12-13(14)16-9-20-12)15-8-7-10-3-1-2-4-10/h5-6,9-10,15H,1-4,7-8H2. The highest BCUT2D eigenvalue weighted by atomic mass is 32.1. The lowest BCUT2D eigenvalue weighted by Gasteiger charge is -2.11. The van der Waals surface area contributed by atoms with E-state index in [0.29, 0.717) is 11.2 Å². The number of fused-ring (bicyclic) bond motifs is 1. The maximum atomic E-state index is 11.3. The Kier molecular flexibility index (Phi) is 3.82. The summed E-state index contributed by atoms with van der Waals surface area (Å²) in [6, 6.07) is 3.70. The van der Waals surface area contributed by atoms with Gasteiger partial charge in [-0.05, 0) is 24.5 Å². The number of nitrogens with one attached hydrogen (secondary N) is 1. The number of nitrogens with zero attached hydrogens (tertiary/aromatic N) is 2. The summed E-state index contributed by atoms with van der Waals surface area (Å²) < 4.78 is 0.859. The monoisotopic (exact) mass is 291 g/mol. The summed E-state index contributed by atoms with van der Waals surface area (Å²) in [6.45, 7) is 0.793. The van der Waals surface area contributed by atoms with Crippen LogP contribution < -0.4 is 5.32 Å². The van der Waals surface area contributed by atoms with Crippen molar-refractivity contribution < 1.29 is 4.92 Å². The third-order valence-corrected chi connectivity index (χ3v) is 4.80. The molecule has 0 radical (unpaired) electrons. The second kappa shape index (κ2) is 5.75. The minimum atomic E-state index is -0.333. The van der Waals surface area contributed by atoms with Gasteiger partial charge in [0.2, 0.25) is 0 Å². The van der Waals surface area contributed by atoms with Crippen LogP contribution in [0.1, 0.15) is 32.1 Å². The van der Waals surface area contributed by atoms with Gasteiger partial charge in [0.15, 0.2) is 5.52 Å². The van der Waals surface area contributed by atoms with E-state index in [1.54, 1.807) is 11.6 Å². The number of rotatable bonds is 5. The van der Waals surface area contributed by atoms with Crippen molar-refractivity contribution in [3.8, 4) is 0 Å². The van der Waals surface area contributed by atoms with Crippen LogP contribution in [0.25, 0.3) is 10.2 Å². The first-order chi connectivity index (χ1) is 9.75. The summed E-state index contributed by atoms with van der Waals surface area (Å²) in [5, 5.41) is 14.5. The van der Waals surface area contributed by atoms with Crippen molar-refractivity contribution >= 4 is 32.9 Å². The molecule has 0 saturated heterocycles. The molecule has 0 atom stereocenters. The topological polar surface area (TPSA) is 68.1 Å². The fourth-order valence-corrected chi connectivity index (χ4v) is 3.63. The summed E-state index contributed by atoms with van der Waals surface area (Å²) in [6.07, 6.45) is 6.35.